The lowest BCUT2D eigenvalue weighted by molar-refractivity contribution is -0.155. The number of nitrogens with two attached hydrogens (primary N) is 1. The lowest BCUT2D eigenvalue weighted by atomic mass is 9.78. The van der Waals surface area contributed by atoms with E-state index >= 15 is 0 Å². The van der Waals surface area contributed by atoms with Gasteiger partial charge in [0.2, 0.25) is 0 Å². The molecule has 0 heterocycles. The highest BCUT2D eigenvalue weighted by Crippen LogP contribution is 2.29. The fraction of sp³-hybridized carbons (Fsp3) is 0.571. The zero-order chi connectivity index (χ0) is 21.6. The molecule has 1 saturated carbocycles. The Morgan fingerprint density at radius 3 is 2.48 bits per heavy atom. The molecule has 0 radical (unpaired) electrons. The Morgan fingerprint density at radius 1 is 1.21 bits per heavy atom. The van der Waals surface area contributed by atoms with Crippen LogP contribution in [-0.4, -0.2) is 30.1 Å². The molecule has 8 heteroatoms. The number of carbonyl (C=O) groups excluding carboxylic acids is 3. The Kier molecular flexibility index (Phi) is 8.32. The molecule has 160 valence electrons. The van der Waals surface area contributed by atoms with E-state index in [4.69, 9.17) is 22.1 Å². The van der Waals surface area contributed by atoms with Gasteiger partial charge in [0.25, 0.3) is 5.91 Å². The van der Waals surface area contributed by atoms with E-state index in [0.29, 0.717) is 22.4 Å². The van der Waals surface area contributed by atoms with Gasteiger partial charge in [0.15, 0.2) is 6.10 Å². The number of hydrogen-bond donors (Lipinski definition) is 3. The highest BCUT2D eigenvalue weighted by Gasteiger charge is 2.30. The van der Waals surface area contributed by atoms with Crippen LogP contribution in [0.25, 0.3) is 0 Å². The van der Waals surface area contributed by atoms with E-state index in [1.54, 1.807) is 31.2 Å². The largest absolute Gasteiger partial charge is 0.452 e. The first kappa shape index (κ1) is 23.0. The van der Waals surface area contributed by atoms with Crippen LogP contribution in [0.15, 0.2) is 24.3 Å². The molecule has 1 fully saturated rings. The number of urea groups is 1. The second kappa shape index (κ2) is 10.5. The van der Waals surface area contributed by atoms with E-state index in [1.165, 1.54) is 0 Å². The zero-order valence-electron chi connectivity index (χ0n) is 17.1. The summed E-state index contributed by atoms with van der Waals surface area (Å²) in [6.45, 7) is 5.87. The van der Waals surface area contributed by atoms with Gasteiger partial charge < -0.3 is 21.1 Å². The lowest BCUT2D eigenvalue weighted by Gasteiger charge is -2.35. The third kappa shape index (κ3) is 6.92. The highest BCUT2D eigenvalue weighted by atomic mass is 35.5. The van der Waals surface area contributed by atoms with Crippen LogP contribution in [-0.2, 0) is 14.3 Å². The molecule has 0 aliphatic heterocycles. The van der Waals surface area contributed by atoms with Crippen LogP contribution >= 0.6 is 11.6 Å². The number of halogens is 1. The molecule has 1 aliphatic rings. The molecule has 1 aromatic rings. The summed E-state index contributed by atoms with van der Waals surface area (Å²) in [6, 6.07) is 5.35. The van der Waals surface area contributed by atoms with Crippen molar-refractivity contribution in [2.75, 3.05) is 0 Å². The summed E-state index contributed by atoms with van der Waals surface area (Å²) in [4.78, 5) is 36.2. The maximum atomic E-state index is 12.5. The monoisotopic (exact) mass is 423 g/mol. The number of amides is 3. The van der Waals surface area contributed by atoms with Crippen LogP contribution in [0.1, 0.15) is 58.1 Å². The third-order valence-corrected chi connectivity index (χ3v) is 5.92. The van der Waals surface area contributed by atoms with E-state index in [-0.39, 0.29) is 18.4 Å². The van der Waals surface area contributed by atoms with Crippen molar-refractivity contribution in [2.45, 2.75) is 64.6 Å². The summed E-state index contributed by atoms with van der Waals surface area (Å²) in [7, 11) is 0. The van der Waals surface area contributed by atoms with E-state index in [9.17, 15) is 14.4 Å². The number of carbonyl (C=O) groups is 3. The maximum Gasteiger partial charge on any atom is 0.312 e. The minimum atomic E-state index is -0.925. The van der Waals surface area contributed by atoms with Gasteiger partial charge in [0, 0.05) is 11.1 Å². The minimum Gasteiger partial charge on any atom is -0.452 e. The average molecular weight is 424 g/mol. The standard InChI is InChI=1S/C21H30ClN3O4/c1-12-5-4-6-17(13(12)2)24-20(27)14(3)29-19(26)11-18(25-21(23)28)15-7-9-16(22)10-8-15/h7-10,12-14,17-18H,4-6,11H2,1-3H3,(H,24,27)(H3,23,25,28)/t12-,13-,14-,17+,18+/m1/s1. The van der Waals surface area contributed by atoms with Crippen molar-refractivity contribution >= 4 is 29.5 Å². The molecular weight excluding hydrogens is 394 g/mol. The molecule has 3 amide bonds. The summed E-state index contributed by atoms with van der Waals surface area (Å²) >= 11 is 5.88. The Bertz CT molecular complexity index is 725. The summed E-state index contributed by atoms with van der Waals surface area (Å²) in [5.41, 5.74) is 5.88. The van der Waals surface area contributed by atoms with Gasteiger partial charge in [-0.05, 0) is 42.9 Å². The maximum absolute atomic E-state index is 12.5. The predicted molar refractivity (Wildman–Crippen MR) is 111 cm³/mol. The van der Waals surface area contributed by atoms with E-state index < -0.39 is 24.1 Å². The van der Waals surface area contributed by atoms with Gasteiger partial charge in [0.1, 0.15) is 0 Å². The van der Waals surface area contributed by atoms with Crippen LogP contribution < -0.4 is 16.4 Å². The highest BCUT2D eigenvalue weighted by molar-refractivity contribution is 6.30. The first-order chi connectivity index (χ1) is 13.7. The Morgan fingerprint density at radius 2 is 1.86 bits per heavy atom. The topological polar surface area (TPSA) is 111 Å². The first-order valence-corrected chi connectivity index (χ1v) is 10.4. The van der Waals surface area contributed by atoms with Gasteiger partial charge in [-0.15, -0.1) is 0 Å². The van der Waals surface area contributed by atoms with Crippen molar-refractivity contribution in [3.05, 3.63) is 34.9 Å². The fourth-order valence-electron chi connectivity index (χ4n) is 3.67. The molecule has 1 aromatic carbocycles. The number of nitrogens with one attached hydrogen (secondary N) is 2. The Labute approximate surface area is 176 Å². The van der Waals surface area contributed by atoms with Crippen LogP contribution in [0.4, 0.5) is 4.79 Å². The minimum absolute atomic E-state index is 0.0887. The van der Waals surface area contributed by atoms with Crippen molar-refractivity contribution in [1.82, 2.24) is 10.6 Å². The summed E-state index contributed by atoms with van der Waals surface area (Å²) in [5, 5.41) is 6.06. The van der Waals surface area contributed by atoms with Crippen LogP contribution in [0.3, 0.4) is 0 Å². The quantitative estimate of drug-likeness (QED) is 0.584. The van der Waals surface area contributed by atoms with Crippen molar-refractivity contribution in [3.63, 3.8) is 0 Å². The van der Waals surface area contributed by atoms with Crippen LogP contribution in [0.2, 0.25) is 5.02 Å². The molecule has 5 atom stereocenters. The van der Waals surface area contributed by atoms with Gasteiger partial charge in [-0.3, -0.25) is 9.59 Å². The molecule has 4 N–H and O–H groups in total. The molecule has 0 bridgehead atoms. The molecular formula is C21H30ClN3O4. The normalized spacial score (nSPS) is 23.5. The van der Waals surface area contributed by atoms with E-state index in [0.717, 1.165) is 19.3 Å². The van der Waals surface area contributed by atoms with E-state index in [2.05, 4.69) is 24.5 Å². The van der Waals surface area contributed by atoms with Gasteiger partial charge >= 0.3 is 12.0 Å². The molecule has 1 aliphatic carbocycles. The predicted octanol–water partition coefficient (Wildman–Crippen LogP) is 3.31. The van der Waals surface area contributed by atoms with Gasteiger partial charge in [-0.2, -0.15) is 0 Å². The molecule has 0 spiro atoms. The fourth-order valence-corrected chi connectivity index (χ4v) is 3.80. The van der Waals surface area contributed by atoms with Gasteiger partial charge in [0.05, 0.1) is 12.5 Å². The van der Waals surface area contributed by atoms with Crippen LogP contribution in [0, 0.1) is 11.8 Å². The SMILES string of the molecule is C[C@@H]1[C@H](C)CCC[C@@H]1NC(=O)[C@@H](C)OC(=O)C[C@H](NC(N)=O)c1ccc(Cl)cc1. The van der Waals surface area contributed by atoms with Gasteiger partial charge in [-0.25, -0.2) is 4.79 Å². The van der Waals surface area contributed by atoms with E-state index in [1.807, 2.05) is 0 Å². The summed E-state index contributed by atoms with van der Waals surface area (Å²) < 4.78 is 5.30. The number of benzene rings is 1. The lowest BCUT2D eigenvalue weighted by Crippen LogP contribution is -2.47. The Hall–Kier alpha value is -2.28. The molecule has 2 rings (SSSR count). The number of esters is 1. The number of hydrogen-bond acceptors (Lipinski definition) is 4. The van der Waals surface area contributed by atoms with Crippen molar-refractivity contribution in [2.24, 2.45) is 17.6 Å². The smallest absolute Gasteiger partial charge is 0.312 e. The number of rotatable bonds is 7. The van der Waals surface area contributed by atoms with Crippen molar-refractivity contribution < 1.29 is 19.1 Å². The average Bonchev–Trinajstić information content (AvgIpc) is 2.65. The molecule has 0 unspecified atom stereocenters. The van der Waals surface area contributed by atoms with Gasteiger partial charge in [-0.1, -0.05) is 50.4 Å². The van der Waals surface area contributed by atoms with Crippen LogP contribution in [0.5, 0.6) is 0 Å². The first-order valence-electron chi connectivity index (χ1n) is 9.98. The van der Waals surface area contributed by atoms with Crippen molar-refractivity contribution in [1.29, 1.82) is 0 Å². The molecule has 7 nitrogen and oxygen atoms in total. The third-order valence-electron chi connectivity index (χ3n) is 5.67. The number of ether oxygens (including phenoxy) is 1. The second-order valence-corrected chi connectivity index (χ2v) is 8.27. The van der Waals surface area contributed by atoms with Crippen molar-refractivity contribution in [3.8, 4) is 0 Å². The number of primary amides is 1. The summed E-state index contributed by atoms with van der Waals surface area (Å²) in [6.07, 6.45) is 2.09. The summed E-state index contributed by atoms with van der Waals surface area (Å²) in [5.74, 6) is 0.0122. The second-order valence-electron chi connectivity index (χ2n) is 7.83. The zero-order valence-corrected chi connectivity index (χ0v) is 17.9. The molecule has 0 aromatic heterocycles. The molecule has 29 heavy (non-hydrogen) atoms. The Balaban J connectivity index is 1.93. The molecule has 0 saturated heterocycles.